The van der Waals surface area contributed by atoms with Crippen molar-refractivity contribution in [3.8, 4) is 0 Å². The number of nitrogens with zero attached hydrogens (tertiary/aromatic N) is 2. The third kappa shape index (κ3) is 4.03. The van der Waals surface area contributed by atoms with Crippen molar-refractivity contribution in [1.82, 2.24) is 15.5 Å². The molecule has 0 amide bonds. The van der Waals surface area contributed by atoms with Crippen LogP contribution >= 0.6 is 0 Å². The SMILES string of the molecule is CCNC(CC)Cc1nc(C2CCC(C)CC2)no1. The summed E-state index contributed by atoms with van der Waals surface area (Å²) in [5.74, 6) is 3.11. The van der Waals surface area contributed by atoms with Crippen molar-refractivity contribution in [2.75, 3.05) is 6.54 Å². The van der Waals surface area contributed by atoms with Gasteiger partial charge in [-0.05, 0) is 31.7 Å². The van der Waals surface area contributed by atoms with E-state index < -0.39 is 0 Å². The van der Waals surface area contributed by atoms with Crippen LogP contribution in [0.4, 0.5) is 0 Å². The summed E-state index contributed by atoms with van der Waals surface area (Å²) in [6, 6.07) is 0.449. The number of likely N-dealkylation sites (N-methyl/N-ethyl adjacent to an activating group) is 1. The van der Waals surface area contributed by atoms with Crippen molar-refractivity contribution in [2.45, 2.75) is 71.3 Å². The predicted molar refractivity (Wildman–Crippen MR) is 76.1 cm³/mol. The standard InChI is InChI=1S/C15H27N3O/c1-4-13(16-5-2)10-14-17-15(18-19-14)12-8-6-11(3)7-9-12/h11-13,16H,4-10H2,1-3H3. The molecule has 0 bridgehead atoms. The summed E-state index contributed by atoms with van der Waals surface area (Å²) >= 11 is 0. The highest BCUT2D eigenvalue weighted by Gasteiger charge is 2.24. The summed E-state index contributed by atoms with van der Waals surface area (Å²) in [6.07, 6.45) is 6.95. The molecule has 4 nitrogen and oxygen atoms in total. The second-order valence-electron chi connectivity index (χ2n) is 5.87. The van der Waals surface area contributed by atoms with Gasteiger partial charge < -0.3 is 9.84 Å². The van der Waals surface area contributed by atoms with Gasteiger partial charge in [0, 0.05) is 18.4 Å². The summed E-state index contributed by atoms with van der Waals surface area (Å²) in [5.41, 5.74) is 0. The molecule has 1 aromatic rings. The van der Waals surface area contributed by atoms with Crippen LogP contribution in [-0.4, -0.2) is 22.7 Å². The van der Waals surface area contributed by atoms with E-state index in [4.69, 9.17) is 4.52 Å². The Hall–Kier alpha value is -0.900. The molecule has 0 aliphatic heterocycles. The fourth-order valence-corrected chi connectivity index (χ4v) is 2.90. The van der Waals surface area contributed by atoms with Crippen molar-refractivity contribution in [1.29, 1.82) is 0 Å². The Morgan fingerprint density at radius 1 is 1.26 bits per heavy atom. The highest BCUT2D eigenvalue weighted by Crippen LogP contribution is 2.34. The quantitative estimate of drug-likeness (QED) is 0.857. The third-order valence-corrected chi connectivity index (χ3v) is 4.27. The van der Waals surface area contributed by atoms with E-state index in [0.717, 1.165) is 37.0 Å². The number of rotatable bonds is 6. The van der Waals surface area contributed by atoms with E-state index in [1.54, 1.807) is 0 Å². The maximum absolute atomic E-state index is 5.42. The van der Waals surface area contributed by atoms with Crippen molar-refractivity contribution in [3.05, 3.63) is 11.7 Å². The van der Waals surface area contributed by atoms with Crippen LogP contribution in [0.25, 0.3) is 0 Å². The minimum absolute atomic E-state index is 0.449. The molecule has 108 valence electrons. The van der Waals surface area contributed by atoms with E-state index in [-0.39, 0.29) is 0 Å². The minimum Gasteiger partial charge on any atom is -0.339 e. The van der Waals surface area contributed by atoms with Gasteiger partial charge in [-0.2, -0.15) is 4.98 Å². The van der Waals surface area contributed by atoms with Crippen LogP contribution in [0.3, 0.4) is 0 Å². The first kappa shape index (κ1) is 14.5. The lowest BCUT2D eigenvalue weighted by atomic mass is 9.83. The molecule has 1 atom stereocenters. The topological polar surface area (TPSA) is 51.0 Å². The maximum atomic E-state index is 5.42. The van der Waals surface area contributed by atoms with Gasteiger partial charge in [0.1, 0.15) is 0 Å². The molecule has 0 saturated heterocycles. The highest BCUT2D eigenvalue weighted by atomic mass is 16.5. The summed E-state index contributed by atoms with van der Waals surface area (Å²) in [4.78, 5) is 4.61. The number of hydrogen-bond donors (Lipinski definition) is 1. The molecule has 1 unspecified atom stereocenters. The van der Waals surface area contributed by atoms with Gasteiger partial charge in [0.15, 0.2) is 5.82 Å². The number of hydrogen-bond acceptors (Lipinski definition) is 4. The zero-order valence-corrected chi connectivity index (χ0v) is 12.5. The van der Waals surface area contributed by atoms with E-state index >= 15 is 0 Å². The van der Waals surface area contributed by atoms with E-state index in [1.807, 2.05) is 0 Å². The Morgan fingerprint density at radius 3 is 2.63 bits per heavy atom. The molecular weight excluding hydrogens is 238 g/mol. The Labute approximate surface area is 116 Å². The van der Waals surface area contributed by atoms with Gasteiger partial charge in [-0.1, -0.05) is 38.8 Å². The van der Waals surface area contributed by atoms with Gasteiger partial charge in [-0.3, -0.25) is 0 Å². The highest BCUT2D eigenvalue weighted by molar-refractivity contribution is 4.98. The fraction of sp³-hybridized carbons (Fsp3) is 0.867. The van der Waals surface area contributed by atoms with Gasteiger partial charge in [0.25, 0.3) is 0 Å². The minimum atomic E-state index is 0.449. The van der Waals surface area contributed by atoms with Crippen LogP contribution in [0.2, 0.25) is 0 Å². The molecule has 4 heteroatoms. The third-order valence-electron chi connectivity index (χ3n) is 4.27. The smallest absolute Gasteiger partial charge is 0.228 e. The van der Waals surface area contributed by atoms with Crippen LogP contribution < -0.4 is 5.32 Å². The molecule has 1 N–H and O–H groups in total. The molecular formula is C15H27N3O. The number of aromatic nitrogens is 2. The van der Waals surface area contributed by atoms with Crippen LogP contribution in [0.1, 0.15) is 70.5 Å². The molecule has 2 rings (SSSR count). The van der Waals surface area contributed by atoms with E-state index in [9.17, 15) is 0 Å². The molecule has 1 heterocycles. The van der Waals surface area contributed by atoms with Gasteiger partial charge in [0.05, 0.1) is 0 Å². The average molecular weight is 265 g/mol. The van der Waals surface area contributed by atoms with E-state index in [0.29, 0.717) is 12.0 Å². The molecule has 19 heavy (non-hydrogen) atoms. The van der Waals surface area contributed by atoms with Crippen molar-refractivity contribution in [3.63, 3.8) is 0 Å². The molecule has 1 aromatic heterocycles. The van der Waals surface area contributed by atoms with Gasteiger partial charge >= 0.3 is 0 Å². The van der Waals surface area contributed by atoms with Gasteiger partial charge in [0.2, 0.25) is 5.89 Å². The van der Waals surface area contributed by atoms with Gasteiger partial charge in [-0.25, -0.2) is 0 Å². The van der Waals surface area contributed by atoms with E-state index in [2.05, 4.69) is 36.2 Å². The molecule has 0 radical (unpaired) electrons. The molecule has 1 saturated carbocycles. The second-order valence-corrected chi connectivity index (χ2v) is 5.87. The molecule has 1 aliphatic rings. The monoisotopic (exact) mass is 265 g/mol. The lowest BCUT2D eigenvalue weighted by Gasteiger charge is -2.23. The number of nitrogens with one attached hydrogen (secondary N) is 1. The normalized spacial score (nSPS) is 25.4. The molecule has 0 spiro atoms. The van der Waals surface area contributed by atoms with Crippen LogP contribution in [0.15, 0.2) is 4.52 Å². The Bertz CT molecular complexity index is 369. The largest absolute Gasteiger partial charge is 0.339 e. The fourth-order valence-electron chi connectivity index (χ4n) is 2.90. The second kappa shape index (κ2) is 7.04. The first-order chi connectivity index (χ1) is 9.22. The lowest BCUT2D eigenvalue weighted by molar-refractivity contribution is 0.320. The summed E-state index contributed by atoms with van der Waals surface area (Å²) in [7, 11) is 0. The predicted octanol–water partition coefficient (Wildman–Crippen LogP) is 3.29. The van der Waals surface area contributed by atoms with Crippen molar-refractivity contribution in [2.24, 2.45) is 5.92 Å². The lowest BCUT2D eigenvalue weighted by Crippen LogP contribution is -2.30. The Kier molecular flexibility index (Phi) is 5.37. The summed E-state index contributed by atoms with van der Waals surface area (Å²) in [5, 5.41) is 7.65. The average Bonchev–Trinajstić information content (AvgIpc) is 2.87. The summed E-state index contributed by atoms with van der Waals surface area (Å²) in [6.45, 7) is 7.64. The van der Waals surface area contributed by atoms with Crippen LogP contribution in [0.5, 0.6) is 0 Å². The Morgan fingerprint density at radius 2 is 2.00 bits per heavy atom. The van der Waals surface area contributed by atoms with E-state index in [1.165, 1.54) is 25.7 Å². The zero-order chi connectivity index (χ0) is 13.7. The summed E-state index contributed by atoms with van der Waals surface area (Å²) < 4.78 is 5.42. The molecule has 1 fully saturated rings. The first-order valence-electron chi connectivity index (χ1n) is 7.78. The molecule has 0 aromatic carbocycles. The first-order valence-corrected chi connectivity index (χ1v) is 7.78. The van der Waals surface area contributed by atoms with Crippen molar-refractivity contribution >= 4 is 0 Å². The Balaban J connectivity index is 1.91. The van der Waals surface area contributed by atoms with Crippen LogP contribution in [-0.2, 0) is 6.42 Å². The zero-order valence-electron chi connectivity index (χ0n) is 12.5. The molecule has 1 aliphatic carbocycles. The van der Waals surface area contributed by atoms with Gasteiger partial charge in [-0.15, -0.1) is 0 Å². The van der Waals surface area contributed by atoms with Crippen molar-refractivity contribution < 1.29 is 4.52 Å². The van der Waals surface area contributed by atoms with Crippen LogP contribution in [0, 0.1) is 5.92 Å². The maximum Gasteiger partial charge on any atom is 0.228 e.